The molecule has 1 aromatic carbocycles. The van der Waals surface area contributed by atoms with Crippen LogP contribution in [-0.2, 0) is 7.05 Å². The van der Waals surface area contributed by atoms with Crippen LogP contribution in [0.15, 0.2) is 52.7 Å². The number of aryl methyl sites for hydroxylation is 1. The van der Waals surface area contributed by atoms with E-state index in [0.29, 0.717) is 21.5 Å². The fourth-order valence-electron chi connectivity index (χ4n) is 2.19. The summed E-state index contributed by atoms with van der Waals surface area (Å²) in [6.45, 7) is 7.92. The molecule has 128 valence electrons. The van der Waals surface area contributed by atoms with Crippen molar-refractivity contribution in [1.82, 2.24) is 13.5 Å². The van der Waals surface area contributed by atoms with E-state index in [4.69, 9.17) is 5.11 Å². The molecule has 0 aliphatic heterocycles. The minimum Gasteiger partial charge on any atom is -0.476 e. The summed E-state index contributed by atoms with van der Waals surface area (Å²) in [5, 5.41) is 9.54. The topological polar surface area (TPSA) is 94.2 Å². The smallest absolute Gasteiger partial charge is 0.356 e. The first-order valence-electron chi connectivity index (χ1n) is 7.03. The molecule has 2 heterocycles. The number of carboxylic acids is 1. The average Bonchev–Trinajstić information content (AvgIpc) is 2.97. The van der Waals surface area contributed by atoms with Crippen LogP contribution in [0.4, 0.5) is 0 Å². The van der Waals surface area contributed by atoms with Crippen molar-refractivity contribution < 1.29 is 9.90 Å². The van der Waals surface area contributed by atoms with Gasteiger partial charge in [0.2, 0.25) is 0 Å². The lowest BCUT2D eigenvalue weighted by atomic mass is 10.2. The normalized spacial score (nSPS) is 10.0. The van der Waals surface area contributed by atoms with Crippen molar-refractivity contribution in [2.75, 3.05) is 0 Å². The van der Waals surface area contributed by atoms with Crippen molar-refractivity contribution in [2.45, 2.75) is 6.92 Å². The molecule has 3 rings (SSSR count). The standard InChI is InChI=1S/C14H11N3O4S.C3H4/c1-7-5-11(18)17(14(21)16(7)2)8-3-4-10-9(6-8)12(13(19)20)15-22-10;1-3-2/h3-6H,1-2H3,(H,19,20);1-2H2. The molecule has 0 radical (unpaired) electrons. The summed E-state index contributed by atoms with van der Waals surface area (Å²) in [4.78, 5) is 35.6. The predicted molar refractivity (Wildman–Crippen MR) is 96.9 cm³/mol. The van der Waals surface area contributed by atoms with Crippen molar-refractivity contribution in [1.29, 1.82) is 0 Å². The molecule has 0 aliphatic rings. The summed E-state index contributed by atoms with van der Waals surface area (Å²) < 4.78 is 6.92. The van der Waals surface area contributed by atoms with Gasteiger partial charge in [0.15, 0.2) is 5.69 Å². The fourth-order valence-corrected chi connectivity index (χ4v) is 2.94. The van der Waals surface area contributed by atoms with Gasteiger partial charge in [-0.2, -0.15) is 4.37 Å². The highest BCUT2D eigenvalue weighted by atomic mass is 32.1. The van der Waals surface area contributed by atoms with E-state index in [2.05, 4.69) is 23.3 Å². The molecular formula is C17H15N3O4S. The molecule has 8 heteroatoms. The zero-order chi connectivity index (χ0) is 18.7. The quantitative estimate of drug-likeness (QED) is 0.709. The first-order chi connectivity index (χ1) is 11.8. The molecule has 0 aliphatic carbocycles. The zero-order valence-corrected chi connectivity index (χ0v) is 14.5. The Kier molecular flexibility index (Phi) is 5.17. The van der Waals surface area contributed by atoms with E-state index < -0.39 is 17.2 Å². The fraction of sp³-hybridized carbons (Fsp3) is 0.118. The van der Waals surface area contributed by atoms with Crippen molar-refractivity contribution in [3.05, 3.63) is 75.4 Å². The monoisotopic (exact) mass is 357 g/mol. The van der Waals surface area contributed by atoms with Gasteiger partial charge in [0.05, 0.1) is 10.4 Å². The van der Waals surface area contributed by atoms with E-state index in [1.807, 2.05) is 0 Å². The Balaban J connectivity index is 0.000000701. The number of carbonyl (C=O) groups is 1. The third kappa shape index (κ3) is 3.35. The van der Waals surface area contributed by atoms with Gasteiger partial charge in [-0.05, 0) is 36.7 Å². The second-order valence-corrected chi connectivity index (χ2v) is 5.87. The zero-order valence-electron chi connectivity index (χ0n) is 13.6. The maximum absolute atomic E-state index is 12.3. The van der Waals surface area contributed by atoms with Crippen molar-refractivity contribution >= 4 is 27.6 Å². The Morgan fingerprint density at radius 1 is 1.28 bits per heavy atom. The van der Waals surface area contributed by atoms with Crippen LogP contribution in [0.1, 0.15) is 16.2 Å². The van der Waals surface area contributed by atoms with Crippen molar-refractivity contribution in [2.24, 2.45) is 7.05 Å². The van der Waals surface area contributed by atoms with Crippen LogP contribution in [0.5, 0.6) is 0 Å². The summed E-state index contributed by atoms with van der Waals surface area (Å²) in [5.74, 6) is -1.15. The minimum atomic E-state index is -1.15. The molecule has 0 fully saturated rings. The highest BCUT2D eigenvalue weighted by molar-refractivity contribution is 7.13. The van der Waals surface area contributed by atoms with Crippen LogP contribution in [0.3, 0.4) is 0 Å². The van der Waals surface area contributed by atoms with Gasteiger partial charge < -0.3 is 9.67 Å². The van der Waals surface area contributed by atoms with Gasteiger partial charge in [-0.15, -0.1) is 5.73 Å². The maximum Gasteiger partial charge on any atom is 0.356 e. The van der Waals surface area contributed by atoms with Crippen LogP contribution in [-0.4, -0.2) is 24.6 Å². The molecule has 25 heavy (non-hydrogen) atoms. The molecule has 0 saturated carbocycles. The summed E-state index contributed by atoms with van der Waals surface area (Å²) >= 11 is 1.06. The molecule has 2 aromatic heterocycles. The number of fused-ring (bicyclic) bond motifs is 1. The SMILES string of the molecule is C=C=C.Cc1cc(=O)n(-c2ccc3snc(C(=O)O)c3c2)c(=O)n1C. The van der Waals surface area contributed by atoms with E-state index in [9.17, 15) is 14.4 Å². The van der Waals surface area contributed by atoms with Crippen LogP contribution >= 0.6 is 11.5 Å². The van der Waals surface area contributed by atoms with E-state index in [-0.39, 0.29) is 5.69 Å². The second kappa shape index (κ2) is 7.12. The van der Waals surface area contributed by atoms with Gasteiger partial charge in [-0.3, -0.25) is 4.79 Å². The maximum atomic E-state index is 12.3. The van der Waals surface area contributed by atoms with Gasteiger partial charge in [-0.1, -0.05) is 13.2 Å². The Morgan fingerprint density at radius 2 is 1.92 bits per heavy atom. The van der Waals surface area contributed by atoms with Crippen LogP contribution in [0.2, 0.25) is 0 Å². The van der Waals surface area contributed by atoms with E-state index in [1.165, 1.54) is 16.7 Å². The van der Waals surface area contributed by atoms with E-state index >= 15 is 0 Å². The molecule has 1 N–H and O–H groups in total. The molecule has 0 amide bonds. The minimum absolute atomic E-state index is 0.0844. The van der Waals surface area contributed by atoms with Gasteiger partial charge >= 0.3 is 11.7 Å². The third-order valence-corrected chi connectivity index (χ3v) is 4.30. The van der Waals surface area contributed by atoms with E-state index in [1.54, 1.807) is 26.1 Å². The molecule has 0 bridgehead atoms. The molecule has 0 atom stereocenters. The Labute approximate surface area is 146 Å². The lowest BCUT2D eigenvalue weighted by Gasteiger charge is -2.09. The van der Waals surface area contributed by atoms with Gasteiger partial charge in [0, 0.05) is 24.2 Å². The highest BCUT2D eigenvalue weighted by Crippen LogP contribution is 2.24. The lowest BCUT2D eigenvalue weighted by Crippen LogP contribution is -2.38. The first-order valence-corrected chi connectivity index (χ1v) is 7.81. The molecule has 0 unspecified atom stereocenters. The summed E-state index contributed by atoms with van der Waals surface area (Å²) in [5.41, 5.74) is 2.10. The lowest BCUT2D eigenvalue weighted by molar-refractivity contribution is 0.0694. The molecule has 0 saturated heterocycles. The number of hydrogen-bond acceptors (Lipinski definition) is 5. The summed E-state index contributed by atoms with van der Waals surface area (Å²) in [6, 6.07) is 6.11. The van der Waals surface area contributed by atoms with E-state index in [0.717, 1.165) is 16.1 Å². The second-order valence-electron chi connectivity index (χ2n) is 5.07. The molecule has 7 nitrogen and oxygen atoms in total. The third-order valence-electron chi connectivity index (χ3n) is 3.47. The van der Waals surface area contributed by atoms with Crippen molar-refractivity contribution in [3.8, 4) is 5.69 Å². The van der Waals surface area contributed by atoms with Gasteiger partial charge in [0.1, 0.15) is 0 Å². The predicted octanol–water partition coefficient (Wildman–Crippen LogP) is 2.11. The molecule has 0 spiro atoms. The number of aromatic carboxylic acids is 1. The Hall–Kier alpha value is -3.22. The molecule has 3 aromatic rings. The number of rotatable bonds is 2. The summed E-state index contributed by atoms with van der Waals surface area (Å²) in [6.07, 6.45) is 0. The Bertz CT molecular complexity index is 1120. The Morgan fingerprint density at radius 3 is 2.52 bits per heavy atom. The first kappa shape index (κ1) is 18.1. The van der Waals surface area contributed by atoms with Gasteiger partial charge in [0.25, 0.3) is 5.56 Å². The number of benzene rings is 1. The van der Waals surface area contributed by atoms with Crippen LogP contribution in [0.25, 0.3) is 15.8 Å². The molecular weight excluding hydrogens is 342 g/mol. The number of carboxylic acid groups (broad SMARTS) is 1. The average molecular weight is 357 g/mol. The van der Waals surface area contributed by atoms with Crippen molar-refractivity contribution in [3.63, 3.8) is 0 Å². The largest absolute Gasteiger partial charge is 0.476 e. The van der Waals surface area contributed by atoms with Crippen LogP contribution < -0.4 is 11.2 Å². The van der Waals surface area contributed by atoms with Gasteiger partial charge in [-0.25, -0.2) is 14.2 Å². The van der Waals surface area contributed by atoms with Crippen LogP contribution in [0, 0.1) is 6.92 Å². The summed E-state index contributed by atoms with van der Waals surface area (Å²) in [7, 11) is 1.57. The highest BCUT2D eigenvalue weighted by Gasteiger charge is 2.15. The number of hydrogen-bond donors (Lipinski definition) is 1. The number of nitrogens with zero attached hydrogens (tertiary/aromatic N) is 3. The number of aromatic nitrogens is 3.